The average molecular weight is 317 g/mol. The maximum Gasteiger partial charge on any atom is 0.391 e. The standard InChI is InChI=1S/C15H22F3N3O/c1-20-10-9-12(19-20)5-8-14(22)21(2)13-6-3-11(4-7-13)15(16,17)18/h9-11,13H,3-8H2,1-2H3. The van der Waals surface area contributed by atoms with Gasteiger partial charge in [0.15, 0.2) is 0 Å². The van der Waals surface area contributed by atoms with Crippen LogP contribution in [0.4, 0.5) is 13.2 Å². The molecule has 0 radical (unpaired) electrons. The molecule has 1 aromatic heterocycles. The number of hydrogen-bond acceptors (Lipinski definition) is 2. The highest BCUT2D eigenvalue weighted by molar-refractivity contribution is 5.76. The lowest BCUT2D eigenvalue weighted by molar-refractivity contribution is -0.184. The van der Waals surface area contributed by atoms with Gasteiger partial charge in [-0.25, -0.2) is 0 Å². The van der Waals surface area contributed by atoms with Crippen molar-refractivity contribution in [3.05, 3.63) is 18.0 Å². The maximum absolute atomic E-state index is 12.6. The third-order valence-corrected chi connectivity index (χ3v) is 4.46. The summed E-state index contributed by atoms with van der Waals surface area (Å²) in [6, 6.07) is 1.79. The predicted octanol–water partition coefficient (Wildman–Crippen LogP) is 2.93. The molecule has 0 spiro atoms. The first-order valence-electron chi connectivity index (χ1n) is 7.58. The molecule has 0 bridgehead atoms. The van der Waals surface area contributed by atoms with Crippen LogP contribution >= 0.6 is 0 Å². The molecule has 0 saturated heterocycles. The fourth-order valence-electron chi connectivity index (χ4n) is 3.00. The zero-order valence-corrected chi connectivity index (χ0v) is 12.9. The van der Waals surface area contributed by atoms with Crippen LogP contribution in [0.3, 0.4) is 0 Å². The summed E-state index contributed by atoms with van der Waals surface area (Å²) in [4.78, 5) is 13.8. The van der Waals surface area contributed by atoms with Gasteiger partial charge in [-0.15, -0.1) is 0 Å². The molecule has 1 aromatic rings. The summed E-state index contributed by atoms with van der Waals surface area (Å²) >= 11 is 0. The van der Waals surface area contributed by atoms with Gasteiger partial charge in [0, 0.05) is 39.2 Å². The second-order valence-electron chi connectivity index (χ2n) is 6.03. The maximum atomic E-state index is 12.6. The summed E-state index contributed by atoms with van der Waals surface area (Å²) < 4.78 is 39.6. The van der Waals surface area contributed by atoms with E-state index in [1.165, 1.54) is 0 Å². The van der Waals surface area contributed by atoms with Gasteiger partial charge < -0.3 is 4.90 Å². The van der Waals surface area contributed by atoms with Gasteiger partial charge >= 0.3 is 6.18 Å². The number of rotatable bonds is 4. The van der Waals surface area contributed by atoms with Crippen LogP contribution < -0.4 is 0 Å². The summed E-state index contributed by atoms with van der Waals surface area (Å²) in [6.45, 7) is 0. The molecule has 0 unspecified atom stereocenters. The minimum absolute atomic E-state index is 0.0267. The Kier molecular flexibility index (Phi) is 5.13. The van der Waals surface area contributed by atoms with E-state index in [9.17, 15) is 18.0 Å². The molecule has 1 aliphatic rings. The number of amides is 1. The lowest BCUT2D eigenvalue weighted by atomic mass is 9.85. The van der Waals surface area contributed by atoms with E-state index in [2.05, 4.69) is 5.10 Å². The average Bonchev–Trinajstić information content (AvgIpc) is 2.89. The molecule has 1 aliphatic carbocycles. The lowest BCUT2D eigenvalue weighted by Crippen LogP contribution is -2.41. The molecule has 0 atom stereocenters. The number of hydrogen-bond donors (Lipinski definition) is 0. The number of aromatic nitrogens is 2. The SMILES string of the molecule is CN(C(=O)CCc1ccn(C)n1)C1CCC(C(F)(F)F)CC1. The summed E-state index contributed by atoms with van der Waals surface area (Å²) in [5.74, 6) is -1.23. The molecule has 0 N–H and O–H groups in total. The van der Waals surface area contributed by atoms with E-state index in [1.54, 1.807) is 16.6 Å². The van der Waals surface area contributed by atoms with Crippen molar-refractivity contribution in [2.75, 3.05) is 7.05 Å². The predicted molar refractivity (Wildman–Crippen MR) is 76.1 cm³/mol. The van der Waals surface area contributed by atoms with Crippen molar-refractivity contribution in [1.29, 1.82) is 0 Å². The molecule has 1 heterocycles. The van der Waals surface area contributed by atoms with E-state index in [0.717, 1.165) is 5.69 Å². The van der Waals surface area contributed by atoms with E-state index in [-0.39, 0.29) is 24.8 Å². The van der Waals surface area contributed by atoms with Gasteiger partial charge in [0.05, 0.1) is 11.6 Å². The smallest absolute Gasteiger partial charge is 0.343 e. The summed E-state index contributed by atoms with van der Waals surface area (Å²) in [6.07, 6.45) is -0.298. The van der Waals surface area contributed by atoms with Crippen LogP contribution in [0.1, 0.15) is 37.8 Å². The quantitative estimate of drug-likeness (QED) is 0.856. The first-order valence-corrected chi connectivity index (χ1v) is 7.58. The van der Waals surface area contributed by atoms with Crippen LogP contribution in [0.15, 0.2) is 12.3 Å². The minimum Gasteiger partial charge on any atom is -0.343 e. The molecular formula is C15H22F3N3O. The number of carbonyl (C=O) groups is 1. The van der Waals surface area contributed by atoms with Crippen molar-refractivity contribution in [3.8, 4) is 0 Å². The second-order valence-corrected chi connectivity index (χ2v) is 6.03. The third kappa shape index (κ3) is 4.24. The monoisotopic (exact) mass is 317 g/mol. The fourth-order valence-corrected chi connectivity index (χ4v) is 3.00. The normalized spacial score (nSPS) is 22.6. The fraction of sp³-hybridized carbons (Fsp3) is 0.733. The Bertz CT molecular complexity index is 504. The van der Waals surface area contributed by atoms with Crippen molar-refractivity contribution in [3.63, 3.8) is 0 Å². The van der Waals surface area contributed by atoms with Gasteiger partial charge in [0.1, 0.15) is 0 Å². The summed E-state index contributed by atoms with van der Waals surface area (Å²) in [5.41, 5.74) is 0.852. The van der Waals surface area contributed by atoms with Crippen molar-refractivity contribution in [2.45, 2.75) is 50.7 Å². The van der Waals surface area contributed by atoms with Gasteiger partial charge in [-0.3, -0.25) is 9.48 Å². The molecule has 1 amide bonds. The topological polar surface area (TPSA) is 38.1 Å². The number of alkyl halides is 3. The van der Waals surface area contributed by atoms with Crippen molar-refractivity contribution >= 4 is 5.91 Å². The molecule has 4 nitrogen and oxygen atoms in total. The molecule has 0 aliphatic heterocycles. The van der Waals surface area contributed by atoms with Gasteiger partial charge in [-0.1, -0.05) is 0 Å². The van der Waals surface area contributed by atoms with E-state index in [4.69, 9.17) is 0 Å². The van der Waals surface area contributed by atoms with E-state index in [1.807, 2.05) is 19.3 Å². The Morgan fingerprint density at radius 3 is 2.50 bits per heavy atom. The zero-order chi connectivity index (χ0) is 16.3. The first kappa shape index (κ1) is 16.8. The van der Waals surface area contributed by atoms with Crippen molar-refractivity contribution in [1.82, 2.24) is 14.7 Å². The molecule has 0 aromatic carbocycles. The molecular weight excluding hydrogens is 295 g/mol. The number of carbonyl (C=O) groups excluding carboxylic acids is 1. The Morgan fingerprint density at radius 1 is 1.36 bits per heavy atom. The molecule has 1 fully saturated rings. The van der Waals surface area contributed by atoms with Crippen LogP contribution in [0, 0.1) is 5.92 Å². The summed E-state index contributed by atoms with van der Waals surface area (Å²) in [7, 11) is 3.51. The van der Waals surface area contributed by atoms with E-state index < -0.39 is 12.1 Å². The second kappa shape index (κ2) is 6.71. The number of nitrogens with zero attached hydrogens (tertiary/aromatic N) is 3. The van der Waals surface area contributed by atoms with Crippen molar-refractivity contribution < 1.29 is 18.0 Å². The number of halogens is 3. The molecule has 124 valence electrons. The van der Waals surface area contributed by atoms with E-state index >= 15 is 0 Å². The number of aryl methyl sites for hydroxylation is 2. The Balaban J connectivity index is 1.79. The lowest BCUT2D eigenvalue weighted by Gasteiger charge is -2.35. The van der Waals surface area contributed by atoms with Gasteiger partial charge in [0.25, 0.3) is 0 Å². The molecule has 1 saturated carbocycles. The Labute approximate surface area is 128 Å². The highest BCUT2D eigenvalue weighted by atomic mass is 19.4. The van der Waals surface area contributed by atoms with Crippen LogP contribution in [-0.2, 0) is 18.3 Å². The van der Waals surface area contributed by atoms with Crippen molar-refractivity contribution in [2.24, 2.45) is 13.0 Å². The van der Waals surface area contributed by atoms with Crippen LogP contribution in [-0.4, -0.2) is 39.9 Å². The van der Waals surface area contributed by atoms with Gasteiger partial charge in [-0.2, -0.15) is 18.3 Å². The first-order chi connectivity index (χ1) is 10.3. The van der Waals surface area contributed by atoms with Crippen LogP contribution in [0.25, 0.3) is 0 Å². The van der Waals surface area contributed by atoms with Gasteiger partial charge in [0.2, 0.25) is 5.91 Å². The summed E-state index contributed by atoms with van der Waals surface area (Å²) in [5, 5.41) is 4.21. The zero-order valence-electron chi connectivity index (χ0n) is 12.9. The third-order valence-electron chi connectivity index (χ3n) is 4.46. The molecule has 2 rings (SSSR count). The molecule has 7 heteroatoms. The highest BCUT2D eigenvalue weighted by Gasteiger charge is 2.42. The van der Waals surface area contributed by atoms with Crippen LogP contribution in [0.5, 0.6) is 0 Å². The largest absolute Gasteiger partial charge is 0.391 e. The highest BCUT2D eigenvalue weighted by Crippen LogP contribution is 2.38. The Hall–Kier alpha value is -1.53. The molecule has 22 heavy (non-hydrogen) atoms. The van der Waals surface area contributed by atoms with E-state index in [0.29, 0.717) is 25.7 Å². The minimum atomic E-state index is -4.10. The Morgan fingerprint density at radius 2 is 2.00 bits per heavy atom. The van der Waals surface area contributed by atoms with Gasteiger partial charge in [-0.05, 0) is 31.7 Å². The van der Waals surface area contributed by atoms with Crippen LogP contribution in [0.2, 0.25) is 0 Å².